The maximum absolute atomic E-state index is 11.7. The zero-order chi connectivity index (χ0) is 14.6. The number of carbonyl (C=O) groups is 1. The Bertz CT molecular complexity index is 565. The molecule has 1 rings (SSSR count). The Morgan fingerprint density at radius 1 is 1.47 bits per heavy atom. The monoisotopic (exact) mass is 304 g/mol. The van der Waals surface area contributed by atoms with E-state index in [1.54, 1.807) is 13.2 Å². The van der Waals surface area contributed by atoms with Crippen molar-refractivity contribution in [2.45, 2.75) is 22.8 Å². The van der Waals surface area contributed by atoms with Gasteiger partial charge in [-0.05, 0) is 19.2 Å². The second-order valence-corrected chi connectivity index (χ2v) is 6.61. The normalized spacial score (nSPS) is 13.1. The van der Waals surface area contributed by atoms with E-state index in [-0.39, 0.29) is 17.1 Å². The lowest BCUT2D eigenvalue weighted by molar-refractivity contribution is -0.153. The minimum atomic E-state index is -3.42. The minimum absolute atomic E-state index is 0.0980. The van der Waals surface area contributed by atoms with Crippen LogP contribution in [0.25, 0.3) is 0 Å². The summed E-state index contributed by atoms with van der Waals surface area (Å²) in [6.45, 7) is 1.78. The third-order valence-electron chi connectivity index (χ3n) is 2.42. The molecule has 1 aromatic carbocycles. The fourth-order valence-electron chi connectivity index (χ4n) is 1.61. The van der Waals surface area contributed by atoms with Gasteiger partial charge in [0.05, 0.1) is 11.5 Å². The SMILES string of the molecule is CCOC(=O)C(O)c1cccc(S(C)(=O)=O)c1SC. The molecule has 0 bridgehead atoms. The number of aliphatic hydroxyl groups is 1. The summed E-state index contributed by atoms with van der Waals surface area (Å²) in [4.78, 5) is 12.0. The van der Waals surface area contributed by atoms with Crippen molar-refractivity contribution in [1.29, 1.82) is 0 Å². The predicted molar refractivity (Wildman–Crippen MR) is 72.9 cm³/mol. The Morgan fingerprint density at radius 2 is 2.11 bits per heavy atom. The third kappa shape index (κ3) is 3.71. The van der Waals surface area contributed by atoms with Gasteiger partial charge in [0.25, 0.3) is 0 Å². The van der Waals surface area contributed by atoms with Gasteiger partial charge in [-0.25, -0.2) is 13.2 Å². The number of carbonyl (C=O) groups excluding carboxylic acids is 1. The van der Waals surface area contributed by atoms with Crippen molar-refractivity contribution in [3.05, 3.63) is 23.8 Å². The molecule has 1 aromatic rings. The largest absolute Gasteiger partial charge is 0.464 e. The number of benzene rings is 1. The van der Waals surface area contributed by atoms with Gasteiger partial charge in [0.2, 0.25) is 0 Å². The van der Waals surface area contributed by atoms with E-state index in [2.05, 4.69) is 0 Å². The molecule has 0 aromatic heterocycles. The second-order valence-electron chi connectivity index (χ2n) is 3.81. The van der Waals surface area contributed by atoms with E-state index in [0.717, 1.165) is 6.26 Å². The van der Waals surface area contributed by atoms with Gasteiger partial charge in [-0.2, -0.15) is 0 Å². The average molecular weight is 304 g/mol. The standard InChI is InChI=1S/C12H16O5S2/c1-4-17-12(14)10(13)8-6-5-7-9(11(8)18-2)19(3,15)16/h5-7,10,13H,4H2,1-3H3. The number of thioether (sulfide) groups is 1. The number of aliphatic hydroxyl groups excluding tert-OH is 1. The number of rotatable bonds is 5. The van der Waals surface area contributed by atoms with Gasteiger partial charge in [0, 0.05) is 16.7 Å². The molecule has 7 heteroatoms. The maximum atomic E-state index is 11.7. The molecule has 1 atom stereocenters. The first-order valence-electron chi connectivity index (χ1n) is 5.54. The molecule has 0 aliphatic rings. The molecular formula is C12H16O5S2. The van der Waals surface area contributed by atoms with Crippen LogP contribution >= 0.6 is 11.8 Å². The first-order chi connectivity index (χ1) is 8.82. The Hall–Kier alpha value is -1.05. The number of hydrogen-bond donors (Lipinski definition) is 1. The summed E-state index contributed by atoms with van der Waals surface area (Å²) >= 11 is 1.17. The number of sulfone groups is 1. The van der Waals surface area contributed by atoms with Crippen LogP contribution in [0.2, 0.25) is 0 Å². The molecule has 0 amide bonds. The van der Waals surface area contributed by atoms with E-state index in [1.165, 1.54) is 30.0 Å². The highest BCUT2D eigenvalue weighted by Gasteiger charge is 2.25. The molecule has 0 radical (unpaired) electrons. The summed E-state index contributed by atoms with van der Waals surface area (Å²) < 4.78 is 28.1. The van der Waals surface area contributed by atoms with Gasteiger partial charge >= 0.3 is 5.97 Å². The molecule has 19 heavy (non-hydrogen) atoms. The summed E-state index contributed by atoms with van der Waals surface area (Å²) in [6.07, 6.45) is 1.29. The van der Waals surface area contributed by atoms with Crippen molar-refractivity contribution in [3.8, 4) is 0 Å². The Labute approximate surface area is 116 Å². The van der Waals surface area contributed by atoms with Gasteiger partial charge < -0.3 is 9.84 Å². The van der Waals surface area contributed by atoms with Crippen LogP contribution in [0.15, 0.2) is 28.0 Å². The number of hydrogen-bond acceptors (Lipinski definition) is 6. The molecule has 0 spiro atoms. The van der Waals surface area contributed by atoms with Crippen LogP contribution in [0, 0.1) is 0 Å². The zero-order valence-corrected chi connectivity index (χ0v) is 12.5. The van der Waals surface area contributed by atoms with Gasteiger partial charge in [-0.1, -0.05) is 12.1 Å². The van der Waals surface area contributed by atoms with E-state index < -0.39 is 21.9 Å². The van der Waals surface area contributed by atoms with Gasteiger partial charge in [-0.3, -0.25) is 0 Å². The first-order valence-corrected chi connectivity index (χ1v) is 8.66. The van der Waals surface area contributed by atoms with Crippen LogP contribution in [-0.4, -0.2) is 38.6 Å². The number of esters is 1. The summed E-state index contributed by atoms with van der Waals surface area (Å²) in [7, 11) is -3.42. The maximum Gasteiger partial charge on any atom is 0.339 e. The molecule has 0 aliphatic carbocycles. The van der Waals surface area contributed by atoms with Crippen LogP contribution in [0.4, 0.5) is 0 Å². The Morgan fingerprint density at radius 3 is 2.58 bits per heavy atom. The summed E-state index contributed by atoms with van der Waals surface area (Å²) in [5.74, 6) is -0.788. The van der Waals surface area contributed by atoms with Crippen molar-refractivity contribution >= 4 is 27.6 Å². The van der Waals surface area contributed by atoms with Crippen LogP contribution in [-0.2, 0) is 19.4 Å². The van der Waals surface area contributed by atoms with Crippen molar-refractivity contribution in [1.82, 2.24) is 0 Å². The minimum Gasteiger partial charge on any atom is -0.464 e. The van der Waals surface area contributed by atoms with Crippen molar-refractivity contribution in [2.75, 3.05) is 19.1 Å². The fraction of sp³-hybridized carbons (Fsp3) is 0.417. The quantitative estimate of drug-likeness (QED) is 0.654. The summed E-state index contributed by atoms with van der Waals surface area (Å²) in [5.41, 5.74) is 0.244. The lowest BCUT2D eigenvalue weighted by atomic mass is 10.1. The molecular weight excluding hydrogens is 288 g/mol. The fourth-order valence-corrected chi connectivity index (χ4v) is 3.78. The molecule has 0 saturated heterocycles. The Balaban J connectivity index is 3.33. The van der Waals surface area contributed by atoms with E-state index in [1.807, 2.05) is 0 Å². The second kappa shape index (κ2) is 6.40. The molecule has 0 fully saturated rings. The van der Waals surface area contributed by atoms with Gasteiger partial charge in [0.1, 0.15) is 0 Å². The highest BCUT2D eigenvalue weighted by molar-refractivity contribution is 7.99. The highest BCUT2D eigenvalue weighted by Crippen LogP contribution is 2.32. The van der Waals surface area contributed by atoms with Crippen LogP contribution in [0.3, 0.4) is 0 Å². The molecule has 0 aliphatic heterocycles. The topological polar surface area (TPSA) is 80.7 Å². The molecule has 106 valence electrons. The van der Waals surface area contributed by atoms with Crippen molar-refractivity contribution < 1.29 is 23.1 Å². The highest BCUT2D eigenvalue weighted by atomic mass is 32.2. The third-order valence-corrected chi connectivity index (χ3v) is 4.55. The first kappa shape index (κ1) is 16.0. The predicted octanol–water partition coefficient (Wildman–Crippen LogP) is 1.41. The number of ether oxygens (including phenoxy) is 1. The molecule has 5 nitrogen and oxygen atoms in total. The molecule has 0 saturated carbocycles. The van der Waals surface area contributed by atoms with Crippen molar-refractivity contribution in [3.63, 3.8) is 0 Å². The summed E-state index contributed by atoms with van der Waals surface area (Å²) in [5, 5.41) is 9.94. The van der Waals surface area contributed by atoms with Gasteiger partial charge in [0.15, 0.2) is 15.9 Å². The lowest BCUT2D eigenvalue weighted by Gasteiger charge is -2.15. The van der Waals surface area contributed by atoms with Crippen LogP contribution in [0.5, 0.6) is 0 Å². The van der Waals surface area contributed by atoms with E-state index in [0.29, 0.717) is 4.90 Å². The van der Waals surface area contributed by atoms with E-state index in [9.17, 15) is 18.3 Å². The van der Waals surface area contributed by atoms with Gasteiger partial charge in [-0.15, -0.1) is 11.8 Å². The smallest absolute Gasteiger partial charge is 0.339 e. The lowest BCUT2D eigenvalue weighted by Crippen LogP contribution is -2.17. The zero-order valence-electron chi connectivity index (χ0n) is 10.9. The van der Waals surface area contributed by atoms with Crippen LogP contribution < -0.4 is 0 Å². The Kier molecular flexibility index (Phi) is 5.39. The average Bonchev–Trinajstić information content (AvgIpc) is 2.36. The van der Waals surface area contributed by atoms with Crippen LogP contribution in [0.1, 0.15) is 18.6 Å². The van der Waals surface area contributed by atoms with E-state index >= 15 is 0 Å². The van der Waals surface area contributed by atoms with Crippen molar-refractivity contribution in [2.24, 2.45) is 0 Å². The molecule has 0 heterocycles. The molecule has 1 N–H and O–H groups in total. The summed E-state index contributed by atoms with van der Waals surface area (Å²) in [6, 6.07) is 4.46. The van der Waals surface area contributed by atoms with E-state index in [4.69, 9.17) is 4.74 Å². The molecule has 1 unspecified atom stereocenters.